The van der Waals surface area contributed by atoms with Crippen LogP contribution in [0.15, 0.2) is 0 Å². The lowest BCUT2D eigenvalue weighted by atomic mass is 10.1. The zero-order chi connectivity index (χ0) is 8.27. The predicted molar refractivity (Wildman–Crippen MR) is 43.6 cm³/mol. The zero-order valence-corrected chi connectivity index (χ0v) is 7.27. The molecule has 62 valence electrons. The summed E-state index contributed by atoms with van der Waals surface area (Å²) in [5, 5.41) is 7.03. The molecule has 1 N–H and O–H groups in total. The molecule has 0 aliphatic carbocycles. The molecule has 0 saturated heterocycles. The minimum absolute atomic E-state index is 0.765. The lowest BCUT2D eigenvalue weighted by molar-refractivity contribution is 0.202. The molecule has 1 aromatic heterocycles. The summed E-state index contributed by atoms with van der Waals surface area (Å²) in [6.45, 7) is 4.81. The third-order valence-electron chi connectivity index (χ3n) is 1.84. The summed E-state index contributed by atoms with van der Waals surface area (Å²) in [6.07, 6.45) is 0.949. The molecular weight excluding hydrogens is 140 g/mol. The van der Waals surface area contributed by atoms with Gasteiger partial charge in [-0.25, -0.2) is 0 Å². The number of aromatic nitrogens is 2. The van der Waals surface area contributed by atoms with Crippen LogP contribution in [0.5, 0.6) is 0 Å². The van der Waals surface area contributed by atoms with Crippen molar-refractivity contribution in [3.8, 4) is 0 Å². The first-order valence-corrected chi connectivity index (χ1v) is 3.75. The quantitative estimate of drug-likeness (QED) is 0.710. The third-order valence-corrected chi connectivity index (χ3v) is 1.84. The van der Waals surface area contributed by atoms with Gasteiger partial charge in [-0.05, 0) is 25.8 Å². The van der Waals surface area contributed by atoms with Crippen LogP contribution in [0.4, 0.5) is 0 Å². The van der Waals surface area contributed by atoms with Crippen LogP contribution in [0.1, 0.15) is 17.0 Å². The second-order valence-electron chi connectivity index (χ2n) is 2.66. The van der Waals surface area contributed by atoms with E-state index in [1.807, 2.05) is 13.8 Å². The van der Waals surface area contributed by atoms with Gasteiger partial charge >= 0.3 is 0 Å². The maximum absolute atomic E-state index is 4.98. The van der Waals surface area contributed by atoms with Gasteiger partial charge < -0.3 is 4.74 Å². The number of H-pyrrole nitrogens is 1. The van der Waals surface area contributed by atoms with E-state index in [0.29, 0.717) is 0 Å². The van der Waals surface area contributed by atoms with E-state index in [4.69, 9.17) is 4.74 Å². The van der Waals surface area contributed by atoms with E-state index in [0.717, 1.165) is 24.4 Å². The Morgan fingerprint density at radius 2 is 2.18 bits per heavy atom. The molecule has 0 amide bonds. The number of nitrogens with one attached hydrogen (secondary N) is 1. The SMILES string of the molecule is COCCc1c(C)n[nH]c1C. The van der Waals surface area contributed by atoms with E-state index < -0.39 is 0 Å². The van der Waals surface area contributed by atoms with Crippen molar-refractivity contribution < 1.29 is 4.74 Å². The van der Waals surface area contributed by atoms with Gasteiger partial charge in [0.15, 0.2) is 0 Å². The van der Waals surface area contributed by atoms with Gasteiger partial charge in [-0.15, -0.1) is 0 Å². The fraction of sp³-hybridized carbons (Fsp3) is 0.625. The van der Waals surface area contributed by atoms with Gasteiger partial charge in [0.25, 0.3) is 0 Å². The zero-order valence-electron chi connectivity index (χ0n) is 7.27. The average molecular weight is 154 g/mol. The molecule has 11 heavy (non-hydrogen) atoms. The van der Waals surface area contributed by atoms with Crippen molar-refractivity contribution in [1.82, 2.24) is 10.2 Å². The number of nitrogens with zero attached hydrogens (tertiary/aromatic N) is 1. The fourth-order valence-corrected chi connectivity index (χ4v) is 1.15. The summed E-state index contributed by atoms with van der Waals surface area (Å²) >= 11 is 0. The number of hydrogen-bond acceptors (Lipinski definition) is 2. The number of rotatable bonds is 3. The Bertz CT molecular complexity index is 210. The third kappa shape index (κ3) is 1.80. The molecule has 0 aromatic carbocycles. The molecule has 0 atom stereocenters. The number of methoxy groups -OCH3 is 1. The summed E-state index contributed by atoms with van der Waals surface area (Å²) in [5.41, 5.74) is 3.52. The maximum Gasteiger partial charge on any atom is 0.0626 e. The lowest BCUT2D eigenvalue weighted by Gasteiger charge is -1.98. The summed E-state index contributed by atoms with van der Waals surface area (Å²) in [5.74, 6) is 0. The van der Waals surface area contributed by atoms with Gasteiger partial charge in [-0.2, -0.15) is 5.10 Å². The normalized spacial score (nSPS) is 10.5. The van der Waals surface area contributed by atoms with Crippen molar-refractivity contribution in [2.45, 2.75) is 20.3 Å². The van der Waals surface area contributed by atoms with Gasteiger partial charge in [0.05, 0.1) is 12.3 Å². The van der Waals surface area contributed by atoms with E-state index in [-0.39, 0.29) is 0 Å². The molecule has 0 aliphatic rings. The van der Waals surface area contributed by atoms with E-state index >= 15 is 0 Å². The maximum atomic E-state index is 4.98. The van der Waals surface area contributed by atoms with Crippen molar-refractivity contribution >= 4 is 0 Å². The summed E-state index contributed by atoms with van der Waals surface area (Å²) in [4.78, 5) is 0. The van der Waals surface area contributed by atoms with Gasteiger partial charge in [0.2, 0.25) is 0 Å². The van der Waals surface area contributed by atoms with Gasteiger partial charge in [-0.3, -0.25) is 5.10 Å². The van der Waals surface area contributed by atoms with Crippen LogP contribution in [0.25, 0.3) is 0 Å². The first-order valence-electron chi connectivity index (χ1n) is 3.75. The molecule has 1 aromatic rings. The largest absolute Gasteiger partial charge is 0.384 e. The number of aromatic amines is 1. The monoisotopic (exact) mass is 154 g/mol. The van der Waals surface area contributed by atoms with Crippen LogP contribution >= 0.6 is 0 Å². The summed E-state index contributed by atoms with van der Waals surface area (Å²) in [6, 6.07) is 0. The molecular formula is C8H14N2O. The van der Waals surface area contributed by atoms with Gasteiger partial charge in [0, 0.05) is 12.8 Å². The molecule has 0 fully saturated rings. The van der Waals surface area contributed by atoms with Crippen LogP contribution in [0.3, 0.4) is 0 Å². The van der Waals surface area contributed by atoms with E-state index in [2.05, 4.69) is 10.2 Å². The number of ether oxygens (including phenoxy) is 1. The Hall–Kier alpha value is -0.830. The molecule has 0 spiro atoms. The molecule has 0 saturated carbocycles. The Morgan fingerprint density at radius 3 is 2.64 bits per heavy atom. The van der Waals surface area contributed by atoms with Crippen molar-refractivity contribution in [1.29, 1.82) is 0 Å². The van der Waals surface area contributed by atoms with Crippen molar-refractivity contribution in [2.24, 2.45) is 0 Å². The van der Waals surface area contributed by atoms with Crippen molar-refractivity contribution in [3.05, 3.63) is 17.0 Å². The van der Waals surface area contributed by atoms with Crippen LogP contribution < -0.4 is 0 Å². The Labute approximate surface area is 66.8 Å². The lowest BCUT2D eigenvalue weighted by Crippen LogP contribution is -1.96. The smallest absolute Gasteiger partial charge is 0.0626 e. The number of hydrogen-bond donors (Lipinski definition) is 1. The standard InChI is InChI=1S/C8H14N2O/c1-6-8(4-5-11-3)7(2)10-9-6/h4-5H2,1-3H3,(H,9,10). The second kappa shape index (κ2) is 3.53. The van der Waals surface area contributed by atoms with E-state index in [1.54, 1.807) is 7.11 Å². The van der Waals surface area contributed by atoms with Crippen LogP contribution in [0, 0.1) is 13.8 Å². The van der Waals surface area contributed by atoms with Crippen molar-refractivity contribution in [3.63, 3.8) is 0 Å². The van der Waals surface area contributed by atoms with Gasteiger partial charge in [-0.1, -0.05) is 0 Å². The van der Waals surface area contributed by atoms with Crippen LogP contribution in [-0.4, -0.2) is 23.9 Å². The molecule has 1 heterocycles. The molecule has 1 rings (SSSR count). The first kappa shape index (κ1) is 8.27. The van der Waals surface area contributed by atoms with Crippen LogP contribution in [-0.2, 0) is 11.2 Å². The van der Waals surface area contributed by atoms with Gasteiger partial charge in [0.1, 0.15) is 0 Å². The predicted octanol–water partition coefficient (Wildman–Crippen LogP) is 1.22. The minimum Gasteiger partial charge on any atom is -0.384 e. The van der Waals surface area contributed by atoms with E-state index in [9.17, 15) is 0 Å². The highest BCUT2D eigenvalue weighted by molar-refractivity contribution is 5.23. The summed E-state index contributed by atoms with van der Waals surface area (Å²) in [7, 11) is 1.71. The first-order chi connectivity index (χ1) is 5.25. The fourth-order valence-electron chi connectivity index (χ4n) is 1.15. The van der Waals surface area contributed by atoms with Crippen molar-refractivity contribution in [2.75, 3.05) is 13.7 Å². The molecule has 0 unspecified atom stereocenters. The highest BCUT2D eigenvalue weighted by atomic mass is 16.5. The summed E-state index contributed by atoms with van der Waals surface area (Å²) < 4.78 is 4.98. The topological polar surface area (TPSA) is 37.9 Å². The molecule has 3 heteroatoms. The highest BCUT2D eigenvalue weighted by Crippen LogP contribution is 2.09. The molecule has 3 nitrogen and oxygen atoms in total. The Balaban J connectivity index is 2.67. The molecule has 0 radical (unpaired) electrons. The Morgan fingerprint density at radius 1 is 1.45 bits per heavy atom. The Kier molecular flexibility index (Phi) is 2.65. The average Bonchev–Trinajstić information content (AvgIpc) is 2.29. The second-order valence-corrected chi connectivity index (χ2v) is 2.66. The minimum atomic E-state index is 0.765. The highest BCUT2D eigenvalue weighted by Gasteiger charge is 2.04. The molecule has 0 bridgehead atoms. The number of aryl methyl sites for hydroxylation is 2. The van der Waals surface area contributed by atoms with E-state index in [1.165, 1.54) is 5.56 Å². The molecule has 0 aliphatic heterocycles. The van der Waals surface area contributed by atoms with Crippen LogP contribution in [0.2, 0.25) is 0 Å².